The number of carbonyl (C=O) groups is 2. The minimum absolute atomic E-state index is 0.0963. The molecule has 0 atom stereocenters. The number of hydrogen-bond donors (Lipinski definition) is 0. The van der Waals surface area contributed by atoms with Crippen LogP contribution in [0.2, 0.25) is 5.02 Å². The van der Waals surface area contributed by atoms with Crippen LogP contribution in [0.25, 0.3) is 16.5 Å². The summed E-state index contributed by atoms with van der Waals surface area (Å²) in [5.41, 5.74) is -0.145. The largest absolute Gasteiger partial charge is 0.420 e. The normalized spacial score (nSPS) is 14.5. The van der Waals surface area contributed by atoms with Crippen LogP contribution in [-0.4, -0.2) is 31.5 Å². The fraction of sp³-hybridized carbons (Fsp3) is 0.0370. The lowest BCUT2D eigenvalue weighted by Crippen LogP contribution is -2.36. The number of esters is 1. The number of ether oxygens (including phenoxy) is 1. The van der Waals surface area contributed by atoms with E-state index in [1.54, 1.807) is 18.2 Å². The van der Waals surface area contributed by atoms with E-state index in [0.29, 0.717) is 5.02 Å². The molecule has 0 saturated carbocycles. The van der Waals surface area contributed by atoms with Gasteiger partial charge in [0.25, 0.3) is 10.0 Å². The van der Waals surface area contributed by atoms with Crippen LogP contribution in [0.5, 0.6) is 0 Å². The number of nitrogens with zero attached hydrogens (tertiary/aromatic N) is 1. The molecule has 1 aliphatic rings. The maximum absolute atomic E-state index is 14.0. The number of ketones is 1. The molecule has 1 heterocycles. The van der Waals surface area contributed by atoms with Crippen molar-refractivity contribution in [2.24, 2.45) is 0 Å². The first-order valence-electron chi connectivity index (χ1n) is 10.7. The number of halogens is 2. The monoisotopic (exact) mass is 521 g/mol. The molecule has 6 nitrogen and oxygen atoms in total. The van der Waals surface area contributed by atoms with E-state index >= 15 is 0 Å². The molecule has 0 fully saturated rings. The summed E-state index contributed by atoms with van der Waals surface area (Å²) < 4.78 is 46.9. The molecule has 4 aromatic rings. The number of benzene rings is 4. The maximum atomic E-state index is 14.0. The van der Waals surface area contributed by atoms with Gasteiger partial charge >= 0.3 is 5.97 Å². The number of rotatable bonds is 4. The van der Waals surface area contributed by atoms with Crippen molar-refractivity contribution in [3.05, 3.63) is 118 Å². The fourth-order valence-electron chi connectivity index (χ4n) is 3.99. The van der Waals surface area contributed by atoms with Gasteiger partial charge in [0.1, 0.15) is 16.4 Å². The molecule has 36 heavy (non-hydrogen) atoms. The molecule has 180 valence electrons. The second kappa shape index (κ2) is 8.89. The Bertz CT molecular complexity index is 1700. The van der Waals surface area contributed by atoms with E-state index in [1.807, 2.05) is 24.3 Å². The summed E-state index contributed by atoms with van der Waals surface area (Å²) >= 11 is 5.90. The zero-order valence-corrected chi connectivity index (χ0v) is 20.3. The Morgan fingerprint density at radius 2 is 1.53 bits per heavy atom. The molecule has 0 radical (unpaired) electrons. The molecule has 0 bridgehead atoms. The van der Waals surface area contributed by atoms with Gasteiger partial charge in [0.15, 0.2) is 5.76 Å². The first kappa shape index (κ1) is 23.7. The van der Waals surface area contributed by atoms with E-state index in [2.05, 4.69) is 0 Å². The van der Waals surface area contributed by atoms with Gasteiger partial charge in [-0.15, -0.1) is 0 Å². The van der Waals surface area contributed by atoms with E-state index < -0.39 is 32.5 Å². The second-order valence-electron chi connectivity index (χ2n) is 8.08. The molecule has 0 saturated heterocycles. The van der Waals surface area contributed by atoms with Crippen LogP contribution in [0.3, 0.4) is 0 Å². The minimum atomic E-state index is -4.32. The highest BCUT2D eigenvalue weighted by Gasteiger charge is 2.40. The highest BCUT2D eigenvalue weighted by Crippen LogP contribution is 2.39. The topological polar surface area (TPSA) is 80.8 Å². The molecule has 0 unspecified atom stereocenters. The molecule has 0 aromatic heterocycles. The molecule has 0 N–H and O–H groups in total. The van der Waals surface area contributed by atoms with Gasteiger partial charge in [0.05, 0.1) is 5.56 Å². The molecule has 5 rings (SSSR count). The average molecular weight is 522 g/mol. The summed E-state index contributed by atoms with van der Waals surface area (Å²) in [7, 11) is -3.16. The molecular weight excluding hydrogens is 505 g/mol. The second-order valence-corrected chi connectivity index (χ2v) is 10.5. The van der Waals surface area contributed by atoms with E-state index in [4.69, 9.17) is 16.3 Å². The van der Waals surface area contributed by atoms with Crippen LogP contribution >= 0.6 is 11.6 Å². The number of Topliss-reactive ketones (excluding diaryl/α,β-unsaturated/α-hetero) is 1. The summed E-state index contributed by atoms with van der Waals surface area (Å²) in [5.74, 6) is -2.60. The van der Waals surface area contributed by atoms with Crippen molar-refractivity contribution in [2.45, 2.75) is 4.90 Å². The van der Waals surface area contributed by atoms with Crippen LogP contribution < -0.4 is 0 Å². The fourth-order valence-corrected chi connectivity index (χ4v) is 5.52. The number of allylic oxidation sites excluding steroid dienone is 1. The molecule has 4 aromatic carbocycles. The Kier molecular flexibility index (Phi) is 5.86. The summed E-state index contributed by atoms with van der Waals surface area (Å²) in [5, 5.41) is 2.07. The van der Waals surface area contributed by atoms with Crippen LogP contribution in [-0.2, 0) is 14.8 Å². The van der Waals surface area contributed by atoms with E-state index in [9.17, 15) is 22.4 Å². The Morgan fingerprint density at radius 3 is 2.25 bits per heavy atom. The standard InChI is InChI=1S/C27H17ClFNO5S/c1-30-24(25(31)19-7-6-16-4-2-3-5-18(16)14-19)26(35-27(32)17-8-10-20(28)11-9-17)22-13-12-21(29)15-23(22)36(30,33)34/h2-15H,1H3. The van der Waals surface area contributed by atoms with Crippen molar-refractivity contribution >= 4 is 49.9 Å². The van der Waals surface area contributed by atoms with Crippen LogP contribution in [0.1, 0.15) is 26.3 Å². The highest BCUT2D eigenvalue weighted by atomic mass is 35.5. The van der Waals surface area contributed by atoms with E-state index in [-0.39, 0.29) is 28.1 Å². The third-order valence-electron chi connectivity index (χ3n) is 5.86. The summed E-state index contributed by atoms with van der Waals surface area (Å²) in [6.07, 6.45) is 0. The number of likely N-dealkylation sites (N-methyl/N-ethyl adjacent to an activating group) is 1. The van der Waals surface area contributed by atoms with Crippen LogP contribution in [0.15, 0.2) is 95.5 Å². The zero-order valence-electron chi connectivity index (χ0n) is 18.7. The predicted octanol–water partition coefficient (Wildman–Crippen LogP) is 5.67. The van der Waals surface area contributed by atoms with Crippen molar-refractivity contribution in [2.75, 3.05) is 7.05 Å². The summed E-state index contributed by atoms with van der Waals surface area (Å²) in [4.78, 5) is 26.3. The highest BCUT2D eigenvalue weighted by molar-refractivity contribution is 7.89. The zero-order chi connectivity index (χ0) is 25.6. The predicted molar refractivity (Wildman–Crippen MR) is 133 cm³/mol. The average Bonchev–Trinajstić information content (AvgIpc) is 2.87. The lowest BCUT2D eigenvalue weighted by Gasteiger charge is -2.30. The maximum Gasteiger partial charge on any atom is 0.343 e. The van der Waals surface area contributed by atoms with Crippen LogP contribution in [0, 0.1) is 5.82 Å². The number of carbonyl (C=O) groups excluding carboxylic acids is 2. The number of hydrogen-bond acceptors (Lipinski definition) is 5. The van der Waals surface area contributed by atoms with E-state index in [0.717, 1.165) is 34.3 Å². The van der Waals surface area contributed by atoms with Gasteiger partial charge in [-0.2, -0.15) is 0 Å². The van der Waals surface area contributed by atoms with Gasteiger partial charge in [-0.1, -0.05) is 48.0 Å². The quantitative estimate of drug-likeness (QED) is 0.255. The van der Waals surface area contributed by atoms with Gasteiger partial charge in [-0.05, 0) is 59.3 Å². The first-order chi connectivity index (χ1) is 17.2. The van der Waals surface area contributed by atoms with Crippen molar-refractivity contribution in [1.82, 2.24) is 4.31 Å². The smallest absolute Gasteiger partial charge is 0.343 e. The lowest BCUT2D eigenvalue weighted by atomic mass is 10.0. The minimum Gasteiger partial charge on any atom is -0.420 e. The Morgan fingerprint density at radius 1 is 0.861 bits per heavy atom. The van der Waals surface area contributed by atoms with Crippen molar-refractivity contribution in [3.63, 3.8) is 0 Å². The summed E-state index contributed by atoms with van der Waals surface area (Å²) in [6.45, 7) is 0. The first-order valence-corrected chi connectivity index (χ1v) is 12.5. The number of sulfonamides is 1. The van der Waals surface area contributed by atoms with Crippen molar-refractivity contribution in [1.29, 1.82) is 0 Å². The van der Waals surface area contributed by atoms with Gasteiger partial charge in [-0.3, -0.25) is 9.10 Å². The SMILES string of the molecule is CN1C(C(=O)c2ccc3ccccc3c2)=C(OC(=O)c2ccc(Cl)cc2)c2ccc(F)cc2S1(=O)=O. The van der Waals surface area contributed by atoms with E-state index in [1.165, 1.54) is 30.3 Å². The Hall–Kier alpha value is -4.01. The lowest BCUT2D eigenvalue weighted by molar-refractivity contribution is 0.0686. The van der Waals surface area contributed by atoms with Crippen LogP contribution in [0.4, 0.5) is 4.39 Å². The summed E-state index contributed by atoms with van der Waals surface area (Å²) in [6, 6.07) is 21.2. The third-order valence-corrected chi connectivity index (χ3v) is 7.91. The number of fused-ring (bicyclic) bond motifs is 2. The van der Waals surface area contributed by atoms with Gasteiger partial charge < -0.3 is 4.74 Å². The van der Waals surface area contributed by atoms with Crippen molar-refractivity contribution in [3.8, 4) is 0 Å². The van der Waals surface area contributed by atoms with Gasteiger partial charge in [0, 0.05) is 23.2 Å². The molecule has 9 heteroatoms. The molecular formula is C27H17ClFNO5S. The molecule has 0 spiro atoms. The van der Waals surface area contributed by atoms with Crippen molar-refractivity contribution < 1.29 is 27.1 Å². The van der Waals surface area contributed by atoms with Gasteiger partial charge in [-0.25, -0.2) is 17.6 Å². The Labute approximate surface area is 211 Å². The third kappa shape index (κ3) is 4.04. The molecule has 0 aliphatic carbocycles. The molecule has 0 amide bonds. The van der Waals surface area contributed by atoms with Gasteiger partial charge in [0.2, 0.25) is 5.78 Å². The Balaban J connectivity index is 1.71. The molecule has 1 aliphatic heterocycles.